The zero-order valence-electron chi connectivity index (χ0n) is 8.74. The Kier molecular flexibility index (Phi) is 4.20. The first kappa shape index (κ1) is 12.6. The number of amides is 1. The number of carbonyl (C=O) groups is 1. The zero-order valence-corrected chi connectivity index (χ0v) is 11.9. The van der Waals surface area contributed by atoms with Crippen molar-refractivity contribution in [3.05, 3.63) is 55.6 Å². The fourth-order valence-electron chi connectivity index (χ4n) is 1.32. The zero-order chi connectivity index (χ0) is 12.3. The first-order valence-electron chi connectivity index (χ1n) is 4.92. The molecule has 2 aromatic rings. The number of hydrogen-bond acceptors (Lipinski definition) is 2. The fraction of sp³-hybridized carbons (Fsp3) is 0.0833. The minimum absolute atomic E-state index is 0.0677. The van der Waals surface area contributed by atoms with Gasteiger partial charge in [0.1, 0.15) is 0 Å². The predicted molar refractivity (Wildman–Crippen MR) is 74.6 cm³/mol. The molecule has 1 aromatic carbocycles. The second kappa shape index (κ2) is 5.67. The van der Waals surface area contributed by atoms with E-state index in [1.807, 2.05) is 35.7 Å². The SMILES string of the molecule is O=C(NCc1ccc(Cl)cc1)c1csc(Br)c1. The summed E-state index contributed by atoms with van der Waals surface area (Å²) in [6, 6.07) is 9.22. The van der Waals surface area contributed by atoms with Crippen LogP contribution in [-0.2, 0) is 6.54 Å². The molecule has 0 aliphatic rings. The number of carbonyl (C=O) groups excluding carboxylic acids is 1. The van der Waals surface area contributed by atoms with E-state index in [-0.39, 0.29) is 5.91 Å². The van der Waals surface area contributed by atoms with Crippen LogP contribution in [0.2, 0.25) is 5.02 Å². The molecule has 0 atom stereocenters. The molecule has 2 nitrogen and oxygen atoms in total. The molecule has 2 rings (SSSR count). The summed E-state index contributed by atoms with van der Waals surface area (Å²) in [5, 5.41) is 5.37. The van der Waals surface area contributed by atoms with Gasteiger partial charge in [0.2, 0.25) is 0 Å². The Morgan fingerprint density at radius 1 is 1.35 bits per heavy atom. The second-order valence-electron chi connectivity index (χ2n) is 3.45. The molecule has 17 heavy (non-hydrogen) atoms. The van der Waals surface area contributed by atoms with Gasteiger partial charge in [0, 0.05) is 16.9 Å². The number of halogens is 2. The first-order valence-corrected chi connectivity index (χ1v) is 6.97. The van der Waals surface area contributed by atoms with Crippen molar-refractivity contribution >= 4 is 44.8 Å². The number of hydrogen-bond donors (Lipinski definition) is 1. The van der Waals surface area contributed by atoms with Crippen molar-refractivity contribution in [2.45, 2.75) is 6.54 Å². The van der Waals surface area contributed by atoms with Crippen LogP contribution in [0.4, 0.5) is 0 Å². The van der Waals surface area contributed by atoms with Crippen LogP contribution in [0, 0.1) is 0 Å². The highest BCUT2D eigenvalue weighted by atomic mass is 79.9. The molecule has 88 valence electrons. The summed E-state index contributed by atoms with van der Waals surface area (Å²) in [5.74, 6) is -0.0677. The van der Waals surface area contributed by atoms with E-state index < -0.39 is 0 Å². The van der Waals surface area contributed by atoms with E-state index in [0.29, 0.717) is 17.1 Å². The smallest absolute Gasteiger partial charge is 0.252 e. The number of nitrogens with one attached hydrogen (secondary N) is 1. The monoisotopic (exact) mass is 329 g/mol. The molecule has 0 saturated heterocycles. The molecule has 0 fully saturated rings. The maximum Gasteiger partial charge on any atom is 0.252 e. The van der Waals surface area contributed by atoms with E-state index >= 15 is 0 Å². The molecule has 0 unspecified atom stereocenters. The Morgan fingerprint density at radius 2 is 2.06 bits per heavy atom. The van der Waals surface area contributed by atoms with E-state index in [1.54, 1.807) is 0 Å². The van der Waals surface area contributed by atoms with Crippen LogP contribution in [0.1, 0.15) is 15.9 Å². The van der Waals surface area contributed by atoms with E-state index in [0.717, 1.165) is 9.35 Å². The summed E-state index contributed by atoms with van der Waals surface area (Å²) >= 11 is 10.6. The van der Waals surface area contributed by atoms with Gasteiger partial charge in [-0.1, -0.05) is 23.7 Å². The van der Waals surface area contributed by atoms with Crippen LogP contribution in [0.5, 0.6) is 0 Å². The average Bonchev–Trinajstić information content (AvgIpc) is 2.75. The molecule has 0 saturated carbocycles. The van der Waals surface area contributed by atoms with Crippen molar-refractivity contribution in [3.63, 3.8) is 0 Å². The maximum absolute atomic E-state index is 11.7. The third kappa shape index (κ3) is 3.56. The van der Waals surface area contributed by atoms with Gasteiger partial charge < -0.3 is 5.32 Å². The normalized spacial score (nSPS) is 10.2. The van der Waals surface area contributed by atoms with Gasteiger partial charge >= 0.3 is 0 Å². The van der Waals surface area contributed by atoms with Gasteiger partial charge in [0.05, 0.1) is 9.35 Å². The van der Waals surface area contributed by atoms with E-state index in [4.69, 9.17) is 11.6 Å². The first-order chi connectivity index (χ1) is 8.15. The molecular formula is C12H9BrClNOS. The second-order valence-corrected chi connectivity index (χ2v) is 6.18. The summed E-state index contributed by atoms with van der Waals surface area (Å²) in [7, 11) is 0. The Morgan fingerprint density at radius 3 is 2.65 bits per heavy atom. The molecule has 0 spiro atoms. The van der Waals surface area contributed by atoms with E-state index in [1.165, 1.54) is 11.3 Å². The van der Waals surface area contributed by atoms with E-state index in [2.05, 4.69) is 21.2 Å². The number of benzene rings is 1. The molecule has 0 aliphatic carbocycles. The number of thiophene rings is 1. The molecule has 1 N–H and O–H groups in total. The highest BCUT2D eigenvalue weighted by molar-refractivity contribution is 9.11. The van der Waals surface area contributed by atoms with Crippen molar-refractivity contribution in [3.8, 4) is 0 Å². The lowest BCUT2D eigenvalue weighted by Crippen LogP contribution is -2.22. The van der Waals surface area contributed by atoms with Crippen LogP contribution >= 0.6 is 38.9 Å². The van der Waals surface area contributed by atoms with Crippen LogP contribution < -0.4 is 5.32 Å². The quantitative estimate of drug-likeness (QED) is 0.902. The van der Waals surface area contributed by atoms with Gasteiger partial charge in [-0.25, -0.2) is 0 Å². The average molecular weight is 331 g/mol. The van der Waals surface area contributed by atoms with Gasteiger partial charge in [0.15, 0.2) is 0 Å². The van der Waals surface area contributed by atoms with Crippen LogP contribution in [-0.4, -0.2) is 5.91 Å². The van der Waals surface area contributed by atoms with Crippen molar-refractivity contribution in [2.24, 2.45) is 0 Å². The van der Waals surface area contributed by atoms with Crippen molar-refractivity contribution in [2.75, 3.05) is 0 Å². The van der Waals surface area contributed by atoms with E-state index in [9.17, 15) is 4.79 Å². The molecular weight excluding hydrogens is 322 g/mol. The van der Waals surface area contributed by atoms with Gasteiger partial charge in [-0.15, -0.1) is 11.3 Å². The molecule has 0 aliphatic heterocycles. The van der Waals surface area contributed by atoms with Crippen LogP contribution in [0.15, 0.2) is 39.5 Å². The lowest BCUT2D eigenvalue weighted by molar-refractivity contribution is 0.0951. The summed E-state index contributed by atoms with van der Waals surface area (Å²) in [6.07, 6.45) is 0. The third-order valence-electron chi connectivity index (χ3n) is 2.20. The Bertz CT molecular complexity index is 524. The van der Waals surface area contributed by atoms with Crippen LogP contribution in [0.25, 0.3) is 0 Å². The molecule has 0 bridgehead atoms. The standard InChI is InChI=1S/C12H9BrClNOS/c13-11-5-9(7-17-11)12(16)15-6-8-1-3-10(14)4-2-8/h1-5,7H,6H2,(H,15,16). The van der Waals surface area contributed by atoms with Crippen molar-refractivity contribution in [1.29, 1.82) is 0 Å². The minimum atomic E-state index is -0.0677. The molecule has 1 heterocycles. The highest BCUT2D eigenvalue weighted by Crippen LogP contribution is 2.20. The molecule has 5 heteroatoms. The molecule has 0 radical (unpaired) electrons. The lowest BCUT2D eigenvalue weighted by Gasteiger charge is -2.03. The van der Waals surface area contributed by atoms with Gasteiger partial charge in [-0.05, 0) is 39.7 Å². The summed E-state index contributed by atoms with van der Waals surface area (Å²) in [4.78, 5) is 11.7. The summed E-state index contributed by atoms with van der Waals surface area (Å²) in [5.41, 5.74) is 1.70. The topological polar surface area (TPSA) is 29.1 Å². The Labute approximate surface area is 117 Å². The maximum atomic E-state index is 11.7. The number of rotatable bonds is 3. The predicted octanol–water partition coefficient (Wildman–Crippen LogP) is 4.09. The fourth-order valence-corrected chi connectivity index (χ4v) is 2.58. The van der Waals surface area contributed by atoms with Crippen molar-refractivity contribution < 1.29 is 4.79 Å². The Hall–Kier alpha value is -0.840. The summed E-state index contributed by atoms with van der Waals surface area (Å²) < 4.78 is 0.953. The third-order valence-corrected chi connectivity index (χ3v) is 3.95. The lowest BCUT2D eigenvalue weighted by atomic mass is 10.2. The van der Waals surface area contributed by atoms with Gasteiger partial charge in [-0.2, -0.15) is 0 Å². The molecule has 1 aromatic heterocycles. The highest BCUT2D eigenvalue weighted by Gasteiger charge is 2.07. The van der Waals surface area contributed by atoms with Crippen molar-refractivity contribution in [1.82, 2.24) is 5.32 Å². The van der Waals surface area contributed by atoms with Gasteiger partial charge in [0.25, 0.3) is 5.91 Å². The summed E-state index contributed by atoms with van der Waals surface area (Å²) in [6.45, 7) is 0.503. The minimum Gasteiger partial charge on any atom is -0.348 e. The molecule has 1 amide bonds. The largest absolute Gasteiger partial charge is 0.348 e. The Balaban J connectivity index is 1.94. The van der Waals surface area contributed by atoms with Crippen LogP contribution in [0.3, 0.4) is 0 Å². The van der Waals surface area contributed by atoms with Gasteiger partial charge in [-0.3, -0.25) is 4.79 Å².